The minimum atomic E-state index is -0.277. The number of ether oxygens (including phenoxy) is 1. The molecule has 0 unspecified atom stereocenters. The number of nitrogens with zero attached hydrogens (tertiary/aromatic N) is 3. The molecular formula is C20H28N4O2. The molecule has 1 aromatic heterocycles. The van der Waals surface area contributed by atoms with Gasteiger partial charge in [-0.2, -0.15) is 0 Å². The van der Waals surface area contributed by atoms with Crippen LogP contribution in [0.2, 0.25) is 0 Å². The van der Waals surface area contributed by atoms with E-state index in [0.29, 0.717) is 23.0 Å². The Morgan fingerprint density at radius 2 is 2.00 bits per heavy atom. The zero-order valence-electron chi connectivity index (χ0n) is 16.2. The van der Waals surface area contributed by atoms with Gasteiger partial charge in [0.15, 0.2) is 0 Å². The third-order valence-electron chi connectivity index (χ3n) is 3.79. The van der Waals surface area contributed by atoms with Crippen molar-refractivity contribution in [1.29, 1.82) is 0 Å². The summed E-state index contributed by atoms with van der Waals surface area (Å²) in [6.07, 6.45) is 2.20. The van der Waals surface area contributed by atoms with Gasteiger partial charge >= 0.3 is 0 Å². The van der Waals surface area contributed by atoms with Gasteiger partial charge in [0, 0.05) is 19.7 Å². The van der Waals surface area contributed by atoms with Crippen LogP contribution in [-0.4, -0.2) is 35.6 Å². The lowest BCUT2D eigenvalue weighted by Crippen LogP contribution is -2.22. The quantitative estimate of drug-likeness (QED) is 0.772. The van der Waals surface area contributed by atoms with Crippen LogP contribution in [0.3, 0.4) is 0 Å². The van der Waals surface area contributed by atoms with Gasteiger partial charge in [-0.15, -0.1) is 0 Å². The molecule has 1 N–H and O–H groups in total. The Labute approximate surface area is 155 Å². The number of hydrogen-bond acceptors (Lipinski definition) is 5. The minimum Gasteiger partial charge on any atom is -0.489 e. The summed E-state index contributed by atoms with van der Waals surface area (Å²) in [6.45, 7) is 8.73. The van der Waals surface area contributed by atoms with E-state index in [-0.39, 0.29) is 12.0 Å². The number of amides is 1. The lowest BCUT2D eigenvalue weighted by atomic mass is 10.2. The monoisotopic (exact) mass is 356 g/mol. The van der Waals surface area contributed by atoms with Crippen LogP contribution in [0.5, 0.6) is 5.75 Å². The fourth-order valence-electron chi connectivity index (χ4n) is 2.49. The lowest BCUT2D eigenvalue weighted by molar-refractivity contribution is 0.102. The number of hydrogen-bond donors (Lipinski definition) is 1. The molecule has 0 saturated carbocycles. The first kappa shape index (κ1) is 19.7. The zero-order chi connectivity index (χ0) is 19.1. The Morgan fingerprint density at radius 1 is 1.27 bits per heavy atom. The van der Waals surface area contributed by atoms with Crippen molar-refractivity contribution in [2.24, 2.45) is 0 Å². The predicted molar refractivity (Wildman–Crippen MR) is 105 cm³/mol. The highest BCUT2D eigenvalue weighted by atomic mass is 16.5. The summed E-state index contributed by atoms with van der Waals surface area (Å²) in [7, 11) is 1.98. The van der Waals surface area contributed by atoms with Crippen molar-refractivity contribution in [2.45, 2.75) is 46.6 Å². The fourth-order valence-corrected chi connectivity index (χ4v) is 2.49. The van der Waals surface area contributed by atoms with Crippen LogP contribution in [0.1, 0.15) is 49.9 Å². The summed E-state index contributed by atoms with van der Waals surface area (Å²) >= 11 is 0. The van der Waals surface area contributed by atoms with E-state index in [1.807, 2.05) is 50.1 Å². The Bertz CT molecular complexity index is 746. The lowest BCUT2D eigenvalue weighted by Gasteiger charge is -2.19. The van der Waals surface area contributed by atoms with Gasteiger partial charge in [-0.3, -0.25) is 4.79 Å². The van der Waals surface area contributed by atoms with E-state index in [2.05, 4.69) is 22.2 Å². The van der Waals surface area contributed by atoms with Crippen LogP contribution in [0.25, 0.3) is 0 Å². The second-order valence-corrected chi connectivity index (χ2v) is 6.55. The highest BCUT2D eigenvalue weighted by Crippen LogP contribution is 2.25. The second kappa shape index (κ2) is 9.17. The van der Waals surface area contributed by atoms with Gasteiger partial charge in [0.1, 0.15) is 23.1 Å². The molecule has 2 rings (SSSR count). The number of nitrogens with one attached hydrogen (secondary N) is 1. The molecular weight excluding hydrogens is 328 g/mol. The molecule has 1 amide bonds. The second-order valence-electron chi connectivity index (χ2n) is 6.55. The number of anilines is 2. The number of benzene rings is 1. The molecule has 1 heterocycles. The fraction of sp³-hybridized carbons (Fsp3) is 0.450. The van der Waals surface area contributed by atoms with Crippen molar-refractivity contribution in [3.63, 3.8) is 0 Å². The molecule has 0 spiro atoms. The summed E-state index contributed by atoms with van der Waals surface area (Å²) in [5, 5.41) is 2.90. The van der Waals surface area contributed by atoms with Crippen LogP contribution in [-0.2, 0) is 0 Å². The van der Waals surface area contributed by atoms with E-state index in [1.54, 1.807) is 13.0 Å². The molecule has 0 aliphatic rings. The van der Waals surface area contributed by atoms with Crippen molar-refractivity contribution >= 4 is 17.4 Å². The number of carbonyl (C=O) groups is 1. The van der Waals surface area contributed by atoms with Gasteiger partial charge in [-0.1, -0.05) is 25.5 Å². The topological polar surface area (TPSA) is 67.4 Å². The molecule has 6 nitrogen and oxygen atoms in total. The molecule has 0 aliphatic heterocycles. The number of carbonyl (C=O) groups excluding carboxylic acids is 1. The molecule has 2 aromatic rings. The number of aryl methyl sites for hydroxylation is 1. The molecule has 0 bridgehead atoms. The molecule has 140 valence electrons. The largest absolute Gasteiger partial charge is 0.489 e. The summed E-state index contributed by atoms with van der Waals surface area (Å²) in [4.78, 5) is 23.5. The molecule has 6 heteroatoms. The number of unbranched alkanes of at least 4 members (excludes halogenated alkanes) is 1. The first-order chi connectivity index (χ1) is 12.4. The van der Waals surface area contributed by atoms with Crippen LogP contribution in [0.4, 0.5) is 11.5 Å². The standard InChI is InChI=1S/C20H28N4O2/c1-6-7-12-24(5)19-13-17(21-15(4)22-19)20(25)23-16-10-8-9-11-18(16)26-14(2)3/h8-11,13-14H,6-7,12H2,1-5H3,(H,23,25). The van der Waals surface area contributed by atoms with Crippen LogP contribution >= 0.6 is 0 Å². The van der Waals surface area contributed by atoms with Crippen LogP contribution < -0.4 is 15.0 Å². The average molecular weight is 356 g/mol. The maximum atomic E-state index is 12.7. The third-order valence-corrected chi connectivity index (χ3v) is 3.79. The van der Waals surface area contributed by atoms with E-state index >= 15 is 0 Å². The van der Waals surface area contributed by atoms with E-state index in [1.165, 1.54) is 0 Å². The van der Waals surface area contributed by atoms with Gasteiger partial charge < -0.3 is 15.0 Å². The van der Waals surface area contributed by atoms with Crippen molar-refractivity contribution in [1.82, 2.24) is 9.97 Å². The molecule has 0 atom stereocenters. The predicted octanol–water partition coefficient (Wildman–Crippen LogP) is 4.06. The summed E-state index contributed by atoms with van der Waals surface area (Å²) < 4.78 is 5.76. The molecule has 0 saturated heterocycles. The smallest absolute Gasteiger partial charge is 0.274 e. The maximum Gasteiger partial charge on any atom is 0.274 e. The Hall–Kier alpha value is -2.63. The molecule has 0 aliphatic carbocycles. The summed E-state index contributed by atoms with van der Waals surface area (Å²) in [5.74, 6) is 1.69. The average Bonchev–Trinajstić information content (AvgIpc) is 2.60. The highest BCUT2D eigenvalue weighted by molar-refractivity contribution is 6.04. The first-order valence-electron chi connectivity index (χ1n) is 9.04. The summed E-state index contributed by atoms with van der Waals surface area (Å²) in [5.41, 5.74) is 0.971. The first-order valence-corrected chi connectivity index (χ1v) is 9.04. The number of para-hydroxylation sites is 2. The molecule has 1 aromatic carbocycles. The Balaban J connectivity index is 2.21. The van der Waals surface area contributed by atoms with E-state index in [9.17, 15) is 4.79 Å². The Kier molecular flexibility index (Phi) is 6.95. The van der Waals surface area contributed by atoms with Crippen LogP contribution in [0, 0.1) is 6.92 Å². The summed E-state index contributed by atoms with van der Waals surface area (Å²) in [6, 6.07) is 9.12. The third kappa shape index (κ3) is 5.44. The van der Waals surface area contributed by atoms with Gasteiger partial charge in [0.2, 0.25) is 0 Å². The van der Waals surface area contributed by atoms with Gasteiger partial charge in [0.05, 0.1) is 11.8 Å². The minimum absolute atomic E-state index is 0.0214. The van der Waals surface area contributed by atoms with E-state index in [0.717, 1.165) is 25.2 Å². The number of rotatable bonds is 8. The maximum absolute atomic E-state index is 12.7. The van der Waals surface area contributed by atoms with Crippen molar-refractivity contribution in [3.8, 4) is 5.75 Å². The van der Waals surface area contributed by atoms with Crippen molar-refractivity contribution < 1.29 is 9.53 Å². The van der Waals surface area contributed by atoms with Gasteiger partial charge in [-0.25, -0.2) is 9.97 Å². The zero-order valence-corrected chi connectivity index (χ0v) is 16.2. The molecule has 26 heavy (non-hydrogen) atoms. The Morgan fingerprint density at radius 3 is 2.69 bits per heavy atom. The SMILES string of the molecule is CCCCN(C)c1cc(C(=O)Nc2ccccc2OC(C)C)nc(C)n1. The van der Waals surface area contributed by atoms with Crippen molar-refractivity contribution in [2.75, 3.05) is 23.8 Å². The van der Waals surface area contributed by atoms with Gasteiger partial charge in [-0.05, 0) is 39.3 Å². The molecule has 0 radical (unpaired) electrons. The van der Waals surface area contributed by atoms with Crippen molar-refractivity contribution in [3.05, 3.63) is 41.9 Å². The molecule has 0 fully saturated rings. The van der Waals surface area contributed by atoms with E-state index in [4.69, 9.17) is 4.74 Å². The highest BCUT2D eigenvalue weighted by Gasteiger charge is 2.15. The van der Waals surface area contributed by atoms with E-state index < -0.39 is 0 Å². The number of aromatic nitrogens is 2. The van der Waals surface area contributed by atoms with Crippen LogP contribution in [0.15, 0.2) is 30.3 Å². The van der Waals surface area contributed by atoms with Gasteiger partial charge in [0.25, 0.3) is 5.91 Å². The normalized spacial score (nSPS) is 10.7.